The molecule has 0 aliphatic heterocycles. The van der Waals surface area contributed by atoms with Crippen LogP contribution in [0.2, 0.25) is 0 Å². The van der Waals surface area contributed by atoms with E-state index in [0.29, 0.717) is 0 Å². The van der Waals surface area contributed by atoms with Crippen LogP contribution in [0.3, 0.4) is 0 Å². The maximum absolute atomic E-state index is 11.7. The average molecular weight is 290 g/mol. The summed E-state index contributed by atoms with van der Waals surface area (Å²) < 4.78 is 5.24. The van der Waals surface area contributed by atoms with Gasteiger partial charge in [0.05, 0.1) is 0 Å². The van der Waals surface area contributed by atoms with E-state index in [9.17, 15) is 9.59 Å². The van der Waals surface area contributed by atoms with Crippen molar-refractivity contribution in [2.45, 2.75) is 51.7 Å². The van der Waals surface area contributed by atoms with E-state index in [1.165, 1.54) is 6.92 Å². The summed E-state index contributed by atoms with van der Waals surface area (Å²) in [7, 11) is 0. The molecule has 0 radical (unpaired) electrons. The highest BCUT2D eigenvalue weighted by Crippen LogP contribution is 2.41. The number of rotatable bonds is 3. The van der Waals surface area contributed by atoms with Gasteiger partial charge in [-0.05, 0) is 44.9 Å². The minimum atomic E-state index is -0.486. The van der Waals surface area contributed by atoms with Crippen LogP contribution in [0.5, 0.6) is 0 Å². The van der Waals surface area contributed by atoms with Crippen LogP contribution in [0.4, 0.5) is 10.5 Å². The van der Waals surface area contributed by atoms with Gasteiger partial charge in [0.25, 0.3) is 0 Å². The summed E-state index contributed by atoms with van der Waals surface area (Å²) in [5.41, 5.74) is 1.41. The van der Waals surface area contributed by atoms with E-state index in [4.69, 9.17) is 4.74 Å². The normalized spacial score (nSPS) is 20.6. The molecule has 0 aromatic heterocycles. The summed E-state index contributed by atoms with van der Waals surface area (Å²) in [5, 5.41) is 5.63. The van der Waals surface area contributed by atoms with E-state index in [2.05, 4.69) is 10.6 Å². The van der Waals surface area contributed by atoms with E-state index in [0.717, 1.165) is 17.7 Å². The molecule has 114 valence electrons. The molecule has 2 rings (SSSR count). The Kier molecular flexibility index (Phi) is 4.21. The molecule has 2 atom stereocenters. The second-order valence-corrected chi connectivity index (χ2v) is 6.40. The van der Waals surface area contributed by atoms with Crippen LogP contribution in [0.15, 0.2) is 24.3 Å². The Hall–Kier alpha value is -2.04. The number of carbonyl (C=O) groups is 2. The minimum absolute atomic E-state index is 0.0913. The maximum atomic E-state index is 11.7. The average Bonchev–Trinajstić information content (AvgIpc) is 3.05. The second-order valence-electron chi connectivity index (χ2n) is 6.40. The number of ether oxygens (including phenoxy) is 1. The first kappa shape index (κ1) is 15.4. The van der Waals surface area contributed by atoms with E-state index < -0.39 is 5.60 Å². The number of hydrogen-bond donors (Lipinski definition) is 2. The van der Waals surface area contributed by atoms with Crippen LogP contribution in [-0.4, -0.2) is 23.6 Å². The fourth-order valence-electron chi connectivity index (χ4n) is 2.23. The second kappa shape index (κ2) is 5.76. The van der Waals surface area contributed by atoms with Gasteiger partial charge in [0.1, 0.15) is 5.60 Å². The molecule has 1 aliphatic rings. The van der Waals surface area contributed by atoms with Crippen LogP contribution in [0, 0.1) is 0 Å². The summed E-state index contributed by atoms with van der Waals surface area (Å²) in [6, 6.07) is 7.82. The van der Waals surface area contributed by atoms with Crippen molar-refractivity contribution in [1.29, 1.82) is 0 Å². The SMILES string of the molecule is CC(=O)Nc1cccc([C@@H]2C[C@H]2NC(=O)OC(C)(C)C)c1. The first-order valence-electron chi connectivity index (χ1n) is 7.12. The molecule has 1 fully saturated rings. The number of nitrogens with one attached hydrogen (secondary N) is 2. The van der Waals surface area contributed by atoms with E-state index in [1.54, 1.807) is 0 Å². The summed E-state index contributed by atoms with van der Waals surface area (Å²) in [4.78, 5) is 22.8. The molecule has 0 heterocycles. The van der Waals surface area contributed by atoms with Crippen LogP contribution in [0.25, 0.3) is 0 Å². The monoisotopic (exact) mass is 290 g/mol. The molecular formula is C16H22N2O3. The molecule has 0 saturated heterocycles. The highest BCUT2D eigenvalue weighted by molar-refractivity contribution is 5.88. The van der Waals surface area contributed by atoms with E-state index in [-0.39, 0.29) is 24.0 Å². The molecule has 1 aliphatic carbocycles. The van der Waals surface area contributed by atoms with Gasteiger partial charge in [0.2, 0.25) is 5.91 Å². The summed E-state index contributed by atoms with van der Waals surface area (Å²) in [5.74, 6) is 0.192. The van der Waals surface area contributed by atoms with E-state index in [1.807, 2.05) is 45.0 Å². The van der Waals surface area contributed by atoms with Crippen molar-refractivity contribution in [2.75, 3.05) is 5.32 Å². The lowest BCUT2D eigenvalue weighted by molar-refractivity contribution is -0.114. The molecule has 0 bridgehead atoms. The Morgan fingerprint density at radius 2 is 2.00 bits per heavy atom. The Labute approximate surface area is 125 Å². The quantitative estimate of drug-likeness (QED) is 0.899. The summed E-state index contributed by atoms with van der Waals surface area (Å²) in [6.45, 7) is 7.01. The highest BCUT2D eigenvalue weighted by atomic mass is 16.6. The standard InChI is InChI=1S/C16H22N2O3/c1-10(19)17-12-7-5-6-11(8-12)13-9-14(13)18-15(20)21-16(2,3)4/h5-8,13-14H,9H2,1-4H3,(H,17,19)(H,18,20)/t13-,14+/m0/s1. The number of benzene rings is 1. The fraction of sp³-hybridized carbons (Fsp3) is 0.500. The smallest absolute Gasteiger partial charge is 0.407 e. The van der Waals surface area contributed by atoms with Crippen LogP contribution in [-0.2, 0) is 9.53 Å². The van der Waals surface area contributed by atoms with Crippen molar-refractivity contribution < 1.29 is 14.3 Å². The number of alkyl carbamates (subject to hydrolysis) is 1. The third-order valence-corrected chi connectivity index (χ3v) is 3.13. The van der Waals surface area contributed by atoms with Gasteiger partial charge in [-0.2, -0.15) is 0 Å². The summed E-state index contributed by atoms with van der Waals surface area (Å²) >= 11 is 0. The zero-order valence-corrected chi connectivity index (χ0v) is 12.9. The predicted molar refractivity (Wildman–Crippen MR) is 81.3 cm³/mol. The van der Waals surface area contributed by atoms with Crippen molar-refractivity contribution in [3.8, 4) is 0 Å². The van der Waals surface area contributed by atoms with Crippen LogP contribution < -0.4 is 10.6 Å². The van der Waals surface area contributed by atoms with Crippen molar-refractivity contribution >= 4 is 17.7 Å². The molecule has 21 heavy (non-hydrogen) atoms. The van der Waals surface area contributed by atoms with Gasteiger partial charge >= 0.3 is 6.09 Å². The van der Waals surface area contributed by atoms with Gasteiger partial charge in [-0.25, -0.2) is 4.79 Å². The van der Waals surface area contributed by atoms with Gasteiger partial charge in [-0.3, -0.25) is 4.79 Å². The Morgan fingerprint density at radius 1 is 1.29 bits per heavy atom. The molecule has 1 saturated carbocycles. The minimum Gasteiger partial charge on any atom is -0.444 e. The van der Waals surface area contributed by atoms with Crippen LogP contribution in [0.1, 0.15) is 45.6 Å². The lowest BCUT2D eigenvalue weighted by Crippen LogP contribution is -2.34. The van der Waals surface area contributed by atoms with Gasteiger partial charge in [0.15, 0.2) is 0 Å². The maximum Gasteiger partial charge on any atom is 0.407 e. The Morgan fingerprint density at radius 3 is 2.62 bits per heavy atom. The molecule has 0 unspecified atom stereocenters. The molecule has 5 nitrogen and oxygen atoms in total. The molecular weight excluding hydrogens is 268 g/mol. The fourth-order valence-corrected chi connectivity index (χ4v) is 2.23. The highest BCUT2D eigenvalue weighted by Gasteiger charge is 2.40. The molecule has 2 amide bonds. The third-order valence-electron chi connectivity index (χ3n) is 3.13. The number of carbonyl (C=O) groups excluding carboxylic acids is 2. The molecule has 5 heteroatoms. The molecule has 1 aromatic carbocycles. The number of amides is 2. The predicted octanol–water partition coefficient (Wildman–Crippen LogP) is 3.03. The van der Waals surface area contributed by atoms with Crippen molar-refractivity contribution in [3.63, 3.8) is 0 Å². The first-order valence-corrected chi connectivity index (χ1v) is 7.12. The zero-order valence-electron chi connectivity index (χ0n) is 12.9. The number of anilines is 1. The number of hydrogen-bond acceptors (Lipinski definition) is 3. The van der Waals surface area contributed by atoms with E-state index >= 15 is 0 Å². The van der Waals surface area contributed by atoms with Crippen LogP contribution >= 0.6 is 0 Å². The van der Waals surface area contributed by atoms with Crippen molar-refractivity contribution in [3.05, 3.63) is 29.8 Å². The lowest BCUT2D eigenvalue weighted by atomic mass is 10.1. The molecule has 2 N–H and O–H groups in total. The van der Waals surface area contributed by atoms with Crippen molar-refractivity contribution in [1.82, 2.24) is 5.32 Å². The Bertz CT molecular complexity index is 549. The zero-order chi connectivity index (χ0) is 15.6. The first-order chi connectivity index (χ1) is 9.74. The van der Waals surface area contributed by atoms with Gasteiger partial charge in [-0.1, -0.05) is 12.1 Å². The Balaban J connectivity index is 1.91. The van der Waals surface area contributed by atoms with Gasteiger partial charge in [-0.15, -0.1) is 0 Å². The molecule has 0 spiro atoms. The largest absolute Gasteiger partial charge is 0.444 e. The topological polar surface area (TPSA) is 67.4 Å². The van der Waals surface area contributed by atoms with Crippen molar-refractivity contribution in [2.24, 2.45) is 0 Å². The van der Waals surface area contributed by atoms with Gasteiger partial charge in [0, 0.05) is 24.6 Å². The molecule has 1 aromatic rings. The van der Waals surface area contributed by atoms with Gasteiger partial charge < -0.3 is 15.4 Å². The summed E-state index contributed by atoms with van der Waals surface area (Å²) in [6.07, 6.45) is 0.510. The third kappa shape index (κ3) is 4.77. The lowest BCUT2D eigenvalue weighted by Gasteiger charge is -2.19.